The zero-order valence-corrected chi connectivity index (χ0v) is 7.67. The average Bonchev–Trinajstić information content (AvgIpc) is 2.17. The molecule has 0 spiro atoms. The minimum absolute atomic E-state index is 0.0762. The Morgan fingerprint density at radius 2 is 2.08 bits per heavy atom. The lowest BCUT2D eigenvalue weighted by molar-refractivity contribution is 0.278. The largest absolute Gasteiger partial charge is 0.445 e. The molecule has 3 heteroatoms. The van der Waals surface area contributed by atoms with Crippen LogP contribution in [0.5, 0.6) is 0 Å². The highest BCUT2D eigenvalue weighted by molar-refractivity contribution is 7.71. The van der Waals surface area contributed by atoms with Crippen LogP contribution in [0, 0.1) is 4.71 Å². The first-order valence-electron chi connectivity index (χ1n) is 3.94. The molecular formula is C10H8O2S. The average molecular weight is 192 g/mol. The Balaban J connectivity index is 2.81. The van der Waals surface area contributed by atoms with Crippen LogP contribution in [0.25, 0.3) is 11.0 Å². The van der Waals surface area contributed by atoms with Crippen molar-refractivity contribution in [2.24, 2.45) is 0 Å². The standard InChI is InChI=1S/C10H8O2S/c11-6-8-5-7-3-1-2-4-9(7)12-10(8)13/h1-5,11H,6H2. The highest BCUT2D eigenvalue weighted by Gasteiger charge is 1.99. The van der Waals surface area contributed by atoms with E-state index in [1.807, 2.05) is 30.3 Å². The van der Waals surface area contributed by atoms with Gasteiger partial charge in [0.25, 0.3) is 0 Å². The van der Waals surface area contributed by atoms with Gasteiger partial charge >= 0.3 is 0 Å². The fourth-order valence-corrected chi connectivity index (χ4v) is 1.43. The number of fused-ring (bicyclic) bond motifs is 1. The van der Waals surface area contributed by atoms with Crippen LogP contribution < -0.4 is 0 Å². The van der Waals surface area contributed by atoms with E-state index in [2.05, 4.69) is 0 Å². The lowest BCUT2D eigenvalue weighted by Crippen LogP contribution is -1.84. The highest BCUT2D eigenvalue weighted by Crippen LogP contribution is 2.17. The van der Waals surface area contributed by atoms with Gasteiger partial charge in [0.2, 0.25) is 0 Å². The van der Waals surface area contributed by atoms with Crippen molar-refractivity contribution in [1.29, 1.82) is 0 Å². The summed E-state index contributed by atoms with van der Waals surface area (Å²) in [7, 11) is 0. The number of aliphatic hydroxyl groups is 1. The minimum atomic E-state index is -0.0762. The Kier molecular flexibility index (Phi) is 2.12. The topological polar surface area (TPSA) is 33.4 Å². The van der Waals surface area contributed by atoms with E-state index in [0.717, 1.165) is 11.0 Å². The van der Waals surface area contributed by atoms with Gasteiger partial charge in [-0.1, -0.05) is 18.2 Å². The van der Waals surface area contributed by atoms with E-state index in [9.17, 15) is 0 Å². The molecule has 2 rings (SSSR count). The van der Waals surface area contributed by atoms with Gasteiger partial charge in [0.05, 0.1) is 6.61 Å². The second-order valence-corrected chi connectivity index (χ2v) is 3.13. The molecule has 0 fully saturated rings. The molecule has 0 saturated carbocycles. The summed E-state index contributed by atoms with van der Waals surface area (Å²) < 4.78 is 5.70. The van der Waals surface area contributed by atoms with Crippen LogP contribution in [0.1, 0.15) is 5.56 Å². The minimum Gasteiger partial charge on any atom is -0.445 e. The molecular weight excluding hydrogens is 184 g/mol. The second kappa shape index (κ2) is 3.28. The van der Waals surface area contributed by atoms with Gasteiger partial charge in [0.1, 0.15) is 5.58 Å². The third-order valence-electron chi connectivity index (χ3n) is 1.88. The van der Waals surface area contributed by atoms with Crippen molar-refractivity contribution in [3.05, 3.63) is 40.6 Å². The van der Waals surface area contributed by atoms with E-state index in [0.29, 0.717) is 10.3 Å². The van der Waals surface area contributed by atoms with E-state index in [1.165, 1.54) is 0 Å². The van der Waals surface area contributed by atoms with Crippen LogP contribution in [-0.2, 0) is 6.61 Å². The van der Waals surface area contributed by atoms with Crippen LogP contribution in [-0.4, -0.2) is 5.11 Å². The number of para-hydroxylation sites is 1. The summed E-state index contributed by atoms with van der Waals surface area (Å²) >= 11 is 4.95. The Labute approximate surface area is 80.4 Å². The summed E-state index contributed by atoms with van der Waals surface area (Å²) in [4.78, 5) is 0. The molecule has 0 saturated heterocycles. The Hall–Kier alpha value is -1.19. The van der Waals surface area contributed by atoms with Crippen LogP contribution in [0.3, 0.4) is 0 Å². The predicted octanol–water partition coefficient (Wildman–Crippen LogP) is 2.65. The quantitative estimate of drug-likeness (QED) is 0.705. The maximum absolute atomic E-state index is 8.95. The molecule has 1 heterocycles. The number of hydrogen-bond donors (Lipinski definition) is 1. The smallest absolute Gasteiger partial charge is 0.196 e. The van der Waals surface area contributed by atoms with E-state index >= 15 is 0 Å². The fraction of sp³-hybridized carbons (Fsp3) is 0.100. The van der Waals surface area contributed by atoms with Gasteiger partial charge in [0.15, 0.2) is 4.71 Å². The molecule has 1 aromatic heterocycles. The summed E-state index contributed by atoms with van der Waals surface area (Å²) in [6, 6.07) is 9.43. The number of rotatable bonds is 1. The predicted molar refractivity (Wildman–Crippen MR) is 53.0 cm³/mol. The van der Waals surface area contributed by atoms with Gasteiger partial charge in [0, 0.05) is 10.9 Å². The molecule has 0 aliphatic carbocycles. The van der Waals surface area contributed by atoms with Crippen molar-refractivity contribution in [1.82, 2.24) is 0 Å². The number of benzene rings is 1. The van der Waals surface area contributed by atoms with Gasteiger partial charge in [-0.05, 0) is 24.4 Å². The maximum atomic E-state index is 8.95. The zero-order valence-electron chi connectivity index (χ0n) is 6.86. The first kappa shape index (κ1) is 8.41. The zero-order chi connectivity index (χ0) is 9.26. The summed E-state index contributed by atoms with van der Waals surface area (Å²) in [5.41, 5.74) is 1.42. The van der Waals surface area contributed by atoms with E-state index < -0.39 is 0 Å². The van der Waals surface area contributed by atoms with Gasteiger partial charge in [-0.15, -0.1) is 0 Å². The summed E-state index contributed by atoms with van der Waals surface area (Å²) in [5, 5.41) is 9.91. The highest BCUT2D eigenvalue weighted by atomic mass is 32.1. The lowest BCUT2D eigenvalue weighted by Gasteiger charge is -1.99. The van der Waals surface area contributed by atoms with Crippen molar-refractivity contribution < 1.29 is 9.52 Å². The molecule has 0 aliphatic heterocycles. The van der Waals surface area contributed by atoms with E-state index in [4.69, 9.17) is 21.7 Å². The fourth-order valence-electron chi connectivity index (χ4n) is 1.21. The first-order chi connectivity index (χ1) is 6.31. The summed E-state index contributed by atoms with van der Waals surface area (Å²) in [5.74, 6) is 0. The van der Waals surface area contributed by atoms with Crippen LogP contribution in [0.4, 0.5) is 0 Å². The molecule has 0 amide bonds. The van der Waals surface area contributed by atoms with Crippen molar-refractivity contribution >= 4 is 23.2 Å². The SMILES string of the molecule is OCc1cc2ccccc2oc1=S. The van der Waals surface area contributed by atoms with Crippen LogP contribution in [0.2, 0.25) is 0 Å². The molecule has 1 aromatic carbocycles. The molecule has 0 aliphatic rings. The Bertz CT molecular complexity index is 487. The first-order valence-corrected chi connectivity index (χ1v) is 4.35. The Morgan fingerprint density at radius 1 is 1.31 bits per heavy atom. The van der Waals surface area contributed by atoms with Crippen LogP contribution in [0.15, 0.2) is 34.7 Å². The summed E-state index contributed by atoms with van der Waals surface area (Å²) in [6.07, 6.45) is 0. The van der Waals surface area contributed by atoms with Crippen molar-refractivity contribution in [2.75, 3.05) is 0 Å². The molecule has 1 N–H and O–H groups in total. The molecule has 66 valence electrons. The van der Waals surface area contributed by atoms with Crippen molar-refractivity contribution in [3.63, 3.8) is 0 Å². The van der Waals surface area contributed by atoms with E-state index in [-0.39, 0.29) is 6.61 Å². The molecule has 0 radical (unpaired) electrons. The Morgan fingerprint density at radius 3 is 2.85 bits per heavy atom. The molecule has 13 heavy (non-hydrogen) atoms. The van der Waals surface area contributed by atoms with Gasteiger partial charge < -0.3 is 9.52 Å². The molecule has 0 unspecified atom stereocenters. The number of hydrogen-bond acceptors (Lipinski definition) is 3. The molecule has 2 nitrogen and oxygen atoms in total. The lowest BCUT2D eigenvalue weighted by atomic mass is 10.2. The second-order valence-electron chi connectivity index (χ2n) is 2.76. The third-order valence-corrected chi connectivity index (χ3v) is 2.23. The number of aliphatic hydroxyl groups excluding tert-OH is 1. The van der Waals surface area contributed by atoms with Crippen LogP contribution >= 0.6 is 12.2 Å². The van der Waals surface area contributed by atoms with Gasteiger partial charge in [-0.2, -0.15) is 0 Å². The van der Waals surface area contributed by atoms with Crippen molar-refractivity contribution in [3.8, 4) is 0 Å². The third kappa shape index (κ3) is 1.48. The van der Waals surface area contributed by atoms with E-state index in [1.54, 1.807) is 0 Å². The normalized spacial score (nSPS) is 10.5. The van der Waals surface area contributed by atoms with Gasteiger partial charge in [-0.3, -0.25) is 0 Å². The summed E-state index contributed by atoms with van der Waals surface area (Å²) in [6.45, 7) is -0.0762. The van der Waals surface area contributed by atoms with Gasteiger partial charge in [-0.25, -0.2) is 0 Å². The van der Waals surface area contributed by atoms with Crippen molar-refractivity contribution in [2.45, 2.75) is 6.61 Å². The maximum Gasteiger partial charge on any atom is 0.196 e. The monoisotopic (exact) mass is 192 g/mol. The molecule has 2 aromatic rings. The molecule has 0 atom stereocenters. The molecule has 0 bridgehead atoms.